The fourth-order valence-electron chi connectivity index (χ4n) is 0.936. The van der Waals surface area contributed by atoms with Crippen LogP contribution in [0.3, 0.4) is 0 Å². The zero-order valence-corrected chi connectivity index (χ0v) is 10.5. The number of benzene rings is 1. The fraction of sp³-hybridized carbons (Fsp3) is 0.500. The molecule has 0 aliphatic carbocycles. The van der Waals surface area contributed by atoms with E-state index in [0.717, 1.165) is 5.75 Å². The summed E-state index contributed by atoms with van der Waals surface area (Å²) in [7, 11) is 0. The van der Waals surface area contributed by atoms with Gasteiger partial charge in [0.25, 0.3) is 0 Å². The Morgan fingerprint density at radius 1 is 1.21 bits per heavy atom. The lowest BCUT2D eigenvalue weighted by molar-refractivity contribution is 0.409. The van der Waals surface area contributed by atoms with E-state index in [1.165, 1.54) is 4.90 Å². The van der Waals surface area contributed by atoms with Crippen LogP contribution in [0.5, 0.6) is 0 Å². The maximum absolute atomic E-state index is 6.29. The van der Waals surface area contributed by atoms with Crippen molar-refractivity contribution in [3.8, 4) is 0 Å². The molecule has 0 amide bonds. The minimum Gasteiger partial charge on any atom is -0.125 e. The molecule has 78 valence electrons. The number of halogens is 1. The molecular weight excluding hydrogens is 212 g/mol. The average molecular weight is 229 g/mol. The molecule has 0 radical (unpaired) electrons. The third-order valence-corrected chi connectivity index (χ3v) is 4.18. The van der Waals surface area contributed by atoms with Gasteiger partial charge in [-0.3, -0.25) is 0 Å². The summed E-state index contributed by atoms with van der Waals surface area (Å²) >= 11 is 8.11. The Morgan fingerprint density at radius 3 is 2.29 bits per heavy atom. The minimum atomic E-state index is 0.184. The van der Waals surface area contributed by atoms with Gasteiger partial charge in [-0.15, -0.1) is 23.4 Å². The van der Waals surface area contributed by atoms with Gasteiger partial charge in [0.05, 0.1) is 0 Å². The second-order valence-corrected chi connectivity index (χ2v) is 6.08. The van der Waals surface area contributed by atoms with Crippen LogP contribution in [0.2, 0.25) is 0 Å². The van der Waals surface area contributed by atoms with E-state index in [0.29, 0.717) is 0 Å². The first kappa shape index (κ1) is 11.9. The van der Waals surface area contributed by atoms with Gasteiger partial charge in [-0.2, -0.15) is 0 Å². The van der Waals surface area contributed by atoms with Gasteiger partial charge in [0, 0.05) is 16.0 Å². The standard InChI is InChI=1S/C12H17ClS/c1-12(2,3)11(13)9-14-10-7-5-4-6-8-10/h4-8,11H,9H2,1-3H3. The maximum Gasteiger partial charge on any atom is 0.0478 e. The number of hydrogen-bond donors (Lipinski definition) is 0. The normalized spacial score (nSPS) is 14.0. The number of thioether (sulfide) groups is 1. The summed E-state index contributed by atoms with van der Waals surface area (Å²) in [5, 5.41) is 0.215. The van der Waals surface area contributed by atoms with Crippen LogP contribution in [0.25, 0.3) is 0 Å². The van der Waals surface area contributed by atoms with Gasteiger partial charge < -0.3 is 0 Å². The smallest absolute Gasteiger partial charge is 0.0478 e. The van der Waals surface area contributed by atoms with Crippen LogP contribution < -0.4 is 0 Å². The van der Waals surface area contributed by atoms with E-state index in [1.54, 1.807) is 0 Å². The van der Waals surface area contributed by atoms with Crippen molar-refractivity contribution in [3.63, 3.8) is 0 Å². The Labute approximate surface area is 96.0 Å². The van der Waals surface area contributed by atoms with Crippen LogP contribution in [-0.4, -0.2) is 11.1 Å². The SMILES string of the molecule is CC(C)(C)C(Cl)CSc1ccccc1. The largest absolute Gasteiger partial charge is 0.125 e. The van der Waals surface area contributed by atoms with Crippen molar-refractivity contribution in [2.24, 2.45) is 5.41 Å². The molecule has 0 saturated heterocycles. The second kappa shape index (κ2) is 5.09. The lowest BCUT2D eigenvalue weighted by Gasteiger charge is -2.24. The highest BCUT2D eigenvalue weighted by molar-refractivity contribution is 7.99. The second-order valence-electron chi connectivity index (χ2n) is 4.46. The van der Waals surface area contributed by atoms with Gasteiger partial charge in [0.2, 0.25) is 0 Å². The molecule has 1 atom stereocenters. The van der Waals surface area contributed by atoms with Gasteiger partial charge in [-0.05, 0) is 17.5 Å². The zero-order chi connectivity index (χ0) is 10.6. The highest BCUT2D eigenvalue weighted by Gasteiger charge is 2.21. The first-order valence-corrected chi connectivity index (χ1v) is 6.24. The van der Waals surface area contributed by atoms with Crippen molar-refractivity contribution in [2.45, 2.75) is 31.0 Å². The van der Waals surface area contributed by atoms with E-state index in [1.807, 2.05) is 17.8 Å². The van der Waals surface area contributed by atoms with Gasteiger partial charge in [0.15, 0.2) is 0 Å². The van der Waals surface area contributed by atoms with Gasteiger partial charge in [-0.1, -0.05) is 39.0 Å². The first-order chi connectivity index (χ1) is 6.50. The Morgan fingerprint density at radius 2 is 1.79 bits per heavy atom. The predicted octanol–water partition coefficient (Wildman–Crippen LogP) is 4.43. The van der Waals surface area contributed by atoms with Crippen molar-refractivity contribution in [3.05, 3.63) is 30.3 Å². The summed E-state index contributed by atoms with van der Waals surface area (Å²) in [6.45, 7) is 6.53. The summed E-state index contributed by atoms with van der Waals surface area (Å²) in [6, 6.07) is 10.4. The molecule has 1 rings (SSSR count). The van der Waals surface area contributed by atoms with Crippen molar-refractivity contribution >= 4 is 23.4 Å². The van der Waals surface area contributed by atoms with Crippen LogP contribution >= 0.6 is 23.4 Å². The summed E-state index contributed by atoms with van der Waals surface area (Å²) in [5.74, 6) is 0.967. The molecule has 0 bridgehead atoms. The Bertz CT molecular complexity index is 263. The van der Waals surface area contributed by atoms with Crippen molar-refractivity contribution in [2.75, 3.05) is 5.75 Å². The molecule has 2 heteroatoms. The van der Waals surface area contributed by atoms with Crippen LogP contribution in [0.4, 0.5) is 0 Å². The quantitative estimate of drug-likeness (QED) is 0.545. The summed E-state index contributed by atoms with van der Waals surface area (Å²) < 4.78 is 0. The van der Waals surface area contributed by atoms with Crippen molar-refractivity contribution < 1.29 is 0 Å². The summed E-state index contributed by atoms with van der Waals surface area (Å²) in [6.07, 6.45) is 0. The van der Waals surface area contributed by atoms with Crippen LogP contribution in [-0.2, 0) is 0 Å². The van der Waals surface area contributed by atoms with Gasteiger partial charge in [0.1, 0.15) is 0 Å². The number of rotatable bonds is 3. The topological polar surface area (TPSA) is 0 Å². The van der Waals surface area contributed by atoms with Crippen LogP contribution in [0.1, 0.15) is 20.8 Å². The first-order valence-electron chi connectivity index (χ1n) is 4.82. The van der Waals surface area contributed by atoms with E-state index < -0.39 is 0 Å². The van der Waals surface area contributed by atoms with Crippen molar-refractivity contribution in [1.82, 2.24) is 0 Å². The van der Waals surface area contributed by atoms with Gasteiger partial charge in [-0.25, -0.2) is 0 Å². The molecule has 1 aromatic carbocycles. The average Bonchev–Trinajstić information content (AvgIpc) is 2.14. The predicted molar refractivity (Wildman–Crippen MR) is 66.3 cm³/mol. The number of alkyl halides is 1. The highest BCUT2D eigenvalue weighted by atomic mass is 35.5. The zero-order valence-electron chi connectivity index (χ0n) is 8.96. The lowest BCUT2D eigenvalue weighted by atomic mass is 9.93. The molecule has 0 heterocycles. The van der Waals surface area contributed by atoms with E-state index in [-0.39, 0.29) is 10.8 Å². The molecule has 1 aromatic rings. The molecule has 0 spiro atoms. The Balaban J connectivity index is 2.42. The molecule has 14 heavy (non-hydrogen) atoms. The Hall–Kier alpha value is -0.140. The molecule has 0 fully saturated rings. The number of hydrogen-bond acceptors (Lipinski definition) is 1. The summed E-state index contributed by atoms with van der Waals surface area (Å²) in [5.41, 5.74) is 0.184. The van der Waals surface area contributed by atoms with E-state index in [2.05, 4.69) is 45.0 Å². The van der Waals surface area contributed by atoms with Crippen LogP contribution in [0, 0.1) is 5.41 Å². The lowest BCUT2D eigenvalue weighted by Crippen LogP contribution is -2.22. The minimum absolute atomic E-state index is 0.184. The molecular formula is C12H17ClS. The molecule has 0 aliphatic heterocycles. The molecule has 0 aromatic heterocycles. The third-order valence-electron chi connectivity index (χ3n) is 2.08. The molecule has 0 nitrogen and oxygen atoms in total. The molecule has 0 saturated carbocycles. The third kappa shape index (κ3) is 3.93. The van der Waals surface area contributed by atoms with Gasteiger partial charge >= 0.3 is 0 Å². The Kier molecular flexibility index (Phi) is 4.33. The van der Waals surface area contributed by atoms with E-state index in [4.69, 9.17) is 11.6 Å². The maximum atomic E-state index is 6.29. The molecule has 0 aliphatic rings. The summed E-state index contributed by atoms with van der Waals surface area (Å²) in [4.78, 5) is 1.29. The highest BCUT2D eigenvalue weighted by Crippen LogP contribution is 2.30. The molecule has 0 N–H and O–H groups in total. The monoisotopic (exact) mass is 228 g/mol. The van der Waals surface area contributed by atoms with E-state index >= 15 is 0 Å². The van der Waals surface area contributed by atoms with Crippen LogP contribution in [0.15, 0.2) is 35.2 Å². The molecule has 1 unspecified atom stereocenters. The van der Waals surface area contributed by atoms with Crippen molar-refractivity contribution in [1.29, 1.82) is 0 Å². The van der Waals surface area contributed by atoms with E-state index in [9.17, 15) is 0 Å². The fourth-order valence-corrected chi connectivity index (χ4v) is 2.31.